The number of thiazole rings is 1. The summed E-state index contributed by atoms with van der Waals surface area (Å²) >= 11 is 7.70. The molecule has 6 nitrogen and oxygen atoms in total. The molecule has 0 aliphatic heterocycles. The van der Waals surface area contributed by atoms with Gasteiger partial charge in [-0.25, -0.2) is 4.98 Å². The second-order valence-electron chi connectivity index (χ2n) is 6.49. The molecule has 0 spiro atoms. The molecule has 0 saturated heterocycles. The van der Waals surface area contributed by atoms with Crippen molar-refractivity contribution in [3.63, 3.8) is 0 Å². The lowest BCUT2D eigenvalue weighted by molar-refractivity contribution is -0.115. The Bertz CT molecular complexity index is 1130. The van der Waals surface area contributed by atoms with Gasteiger partial charge in [0.25, 0.3) is 0 Å². The minimum Gasteiger partial charge on any atom is -0.492 e. The molecule has 0 radical (unpaired) electrons. The minimum absolute atomic E-state index is 0.139. The topological polar surface area (TPSA) is 69.0 Å². The first-order chi connectivity index (χ1) is 14.7. The van der Waals surface area contributed by atoms with Crippen molar-refractivity contribution in [3.05, 3.63) is 83.1 Å². The van der Waals surface area contributed by atoms with E-state index >= 15 is 0 Å². The van der Waals surface area contributed by atoms with E-state index in [0.29, 0.717) is 35.3 Å². The zero-order valence-electron chi connectivity index (χ0n) is 16.0. The Balaban J connectivity index is 1.32. The number of ether oxygens (including phenoxy) is 1. The fourth-order valence-electron chi connectivity index (χ4n) is 2.87. The Hall–Kier alpha value is -3.16. The van der Waals surface area contributed by atoms with Crippen LogP contribution in [0.4, 0.5) is 5.69 Å². The molecule has 1 N–H and O–H groups in total. The smallest absolute Gasteiger partial charge is 0.230 e. The molecular formula is C22H19ClN4O2S. The van der Waals surface area contributed by atoms with Crippen LogP contribution in [0.1, 0.15) is 5.69 Å². The number of amides is 1. The molecule has 0 saturated carbocycles. The third kappa shape index (κ3) is 5.25. The highest BCUT2D eigenvalue weighted by Crippen LogP contribution is 2.30. The van der Waals surface area contributed by atoms with Gasteiger partial charge in [-0.3, -0.25) is 9.48 Å². The summed E-state index contributed by atoms with van der Waals surface area (Å²) in [6.45, 7) is 1.14. The summed E-state index contributed by atoms with van der Waals surface area (Å²) in [6.07, 6.45) is 3.80. The van der Waals surface area contributed by atoms with Crippen LogP contribution in [0.25, 0.3) is 10.6 Å². The van der Waals surface area contributed by atoms with Gasteiger partial charge in [0.15, 0.2) is 0 Å². The van der Waals surface area contributed by atoms with E-state index in [1.165, 1.54) is 11.3 Å². The molecule has 2 aromatic carbocycles. The number of anilines is 1. The van der Waals surface area contributed by atoms with Crippen molar-refractivity contribution in [3.8, 4) is 16.3 Å². The summed E-state index contributed by atoms with van der Waals surface area (Å²) in [4.78, 5) is 17.0. The van der Waals surface area contributed by atoms with E-state index in [-0.39, 0.29) is 12.3 Å². The SMILES string of the molecule is O=C(Cc1csc(-c2ccccc2Cl)n1)Nc1cccc(OCCn2cccn2)c1. The van der Waals surface area contributed by atoms with Gasteiger partial charge in [0.2, 0.25) is 5.91 Å². The van der Waals surface area contributed by atoms with Crippen LogP contribution in [-0.2, 0) is 17.8 Å². The van der Waals surface area contributed by atoms with Gasteiger partial charge in [-0.1, -0.05) is 35.9 Å². The number of carbonyl (C=O) groups excluding carboxylic acids is 1. The lowest BCUT2D eigenvalue weighted by atomic mass is 10.2. The van der Waals surface area contributed by atoms with Crippen molar-refractivity contribution >= 4 is 34.5 Å². The van der Waals surface area contributed by atoms with E-state index < -0.39 is 0 Å². The molecule has 0 bridgehead atoms. The van der Waals surface area contributed by atoms with Crippen LogP contribution in [0, 0.1) is 0 Å². The number of hydrogen-bond acceptors (Lipinski definition) is 5. The maximum Gasteiger partial charge on any atom is 0.230 e. The number of nitrogens with zero attached hydrogens (tertiary/aromatic N) is 3. The van der Waals surface area contributed by atoms with Gasteiger partial charge in [-0.15, -0.1) is 11.3 Å². The molecule has 0 atom stereocenters. The summed E-state index contributed by atoms with van der Waals surface area (Å²) < 4.78 is 7.55. The van der Waals surface area contributed by atoms with Crippen LogP contribution >= 0.6 is 22.9 Å². The number of hydrogen-bond donors (Lipinski definition) is 1. The largest absolute Gasteiger partial charge is 0.492 e. The Labute approximate surface area is 183 Å². The number of nitrogens with one attached hydrogen (secondary N) is 1. The maximum absolute atomic E-state index is 12.5. The van der Waals surface area contributed by atoms with Gasteiger partial charge in [-0.05, 0) is 24.3 Å². The zero-order valence-corrected chi connectivity index (χ0v) is 17.6. The standard InChI is InChI=1S/C22H19ClN4O2S/c23-20-8-2-1-7-19(20)22-26-17(15-30-22)14-21(28)25-16-5-3-6-18(13-16)29-12-11-27-10-4-9-24-27/h1-10,13,15H,11-12,14H2,(H,25,28). The fourth-order valence-corrected chi connectivity index (χ4v) is 4.01. The first-order valence-corrected chi connectivity index (χ1v) is 10.6. The third-order valence-electron chi connectivity index (χ3n) is 4.26. The molecule has 0 unspecified atom stereocenters. The maximum atomic E-state index is 12.5. The van der Waals surface area contributed by atoms with E-state index in [9.17, 15) is 4.79 Å². The van der Waals surface area contributed by atoms with Crippen LogP contribution in [0.5, 0.6) is 5.75 Å². The molecule has 152 valence electrons. The molecule has 2 aromatic heterocycles. The number of halogens is 1. The Morgan fingerprint density at radius 2 is 2.07 bits per heavy atom. The Morgan fingerprint density at radius 1 is 1.17 bits per heavy atom. The normalized spacial score (nSPS) is 10.7. The molecule has 0 fully saturated rings. The molecular weight excluding hydrogens is 420 g/mol. The van der Waals surface area contributed by atoms with Crippen LogP contribution in [0.2, 0.25) is 5.02 Å². The molecule has 8 heteroatoms. The molecule has 2 heterocycles. The van der Waals surface area contributed by atoms with Crippen LogP contribution < -0.4 is 10.1 Å². The lowest BCUT2D eigenvalue weighted by Gasteiger charge is -2.09. The van der Waals surface area contributed by atoms with Crippen molar-refractivity contribution in [2.75, 3.05) is 11.9 Å². The Morgan fingerprint density at radius 3 is 2.90 bits per heavy atom. The first kappa shape index (κ1) is 20.1. The zero-order chi connectivity index (χ0) is 20.8. The highest BCUT2D eigenvalue weighted by atomic mass is 35.5. The monoisotopic (exact) mass is 438 g/mol. The van der Waals surface area contributed by atoms with Crippen LogP contribution in [0.3, 0.4) is 0 Å². The molecule has 0 aliphatic rings. The Kier molecular flexibility index (Phi) is 6.41. The van der Waals surface area contributed by atoms with Crippen molar-refractivity contribution in [1.82, 2.24) is 14.8 Å². The molecule has 1 amide bonds. The summed E-state index contributed by atoms with van der Waals surface area (Å²) in [5.41, 5.74) is 2.26. The highest BCUT2D eigenvalue weighted by molar-refractivity contribution is 7.13. The van der Waals surface area contributed by atoms with Crippen molar-refractivity contribution in [1.29, 1.82) is 0 Å². The van der Waals surface area contributed by atoms with Gasteiger partial charge >= 0.3 is 0 Å². The number of benzene rings is 2. The van der Waals surface area contributed by atoms with Crippen LogP contribution in [0.15, 0.2) is 72.4 Å². The van der Waals surface area contributed by atoms with E-state index in [1.807, 2.05) is 60.1 Å². The summed E-state index contributed by atoms with van der Waals surface area (Å²) in [6, 6.07) is 16.7. The second kappa shape index (κ2) is 9.56. The highest BCUT2D eigenvalue weighted by Gasteiger charge is 2.11. The van der Waals surface area contributed by atoms with Gasteiger partial charge in [0.1, 0.15) is 17.4 Å². The first-order valence-electron chi connectivity index (χ1n) is 9.37. The van der Waals surface area contributed by atoms with E-state index in [2.05, 4.69) is 15.4 Å². The van der Waals surface area contributed by atoms with Crippen LogP contribution in [-0.4, -0.2) is 27.3 Å². The van der Waals surface area contributed by atoms with E-state index in [1.54, 1.807) is 16.9 Å². The predicted octanol–water partition coefficient (Wildman–Crippen LogP) is 4.92. The van der Waals surface area contributed by atoms with Crippen molar-refractivity contribution in [2.45, 2.75) is 13.0 Å². The second-order valence-corrected chi connectivity index (χ2v) is 7.76. The molecule has 4 aromatic rings. The fraction of sp³-hybridized carbons (Fsp3) is 0.136. The molecule has 30 heavy (non-hydrogen) atoms. The summed E-state index contributed by atoms with van der Waals surface area (Å²) in [5, 5.41) is 10.4. The van der Waals surface area contributed by atoms with Gasteiger partial charge in [-0.2, -0.15) is 5.10 Å². The van der Waals surface area contributed by atoms with Gasteiger partial charge in [0.05, 0.1) is 23.7 Å². The third-order valence-corrected chi connectivity index (χ3v) is 5.52. The minimum atomic E-state index is -0.139. The average Bonchev–Trinajstić information content (AvgIpc) is 3.41. The summed E-state index contributed by atoms with van der Waals surface area (Å²) in [7, 11) is 0. The number of carbonyl (C=O) groups is 1. The van der Waals surface area contributed by atoms with Gasteiger partial charge in [0, 0.05) is 35.1 Å². The quantitative estimate of drug-likeness (QED) is 0.424. The van der Waals surface area contributed by atoms with E-state index in [0.717, 1.165) is 10.6 Å². The van der Waals surface area contributed by atoms with Gasteiger partial charge < -0.3 is 10.1 Å². The number of rotatable bonds is 8. The number of aromatic nitrogens is 3. The average molecular weight is 439 g/mol. The molecule has 0 aliphatic carbocycles. The lowest BCUT2D eigenvalue weighted by Crippen LogP contribution is -2.14. The van der Waals surface area contributed by atoms with E-state index in [4.69, 9.17) is 16.3 Å². The van der Waals surface area contributed by atoms with Crippen molar-refractivity contribution in [2.24, 2.45) is 0 Å². The predicted molar refractivity (Wildman–Crippen MR) is 119 cm³/mol. The van der Waals surface area contributed by atoms with Crippen molar-refractivity contribution < 1.29 is 9.53 Å². The summed E-state index contributed by atoms with van der Waals surface area (Å²) in [5.74, 6) is 0.550. The molecule has 4 rings (SSSR count).